The van der Waals surface area contributed by atoms with Crippen molar-refractivity contribution in [3.63, 3.8) is 0 Å². The van der Waals surface area contributed by atoms with E-state index in [0.717, 1.165) is 5.69 Å². The molecule has 0 aliphatic rings. The highest BCUT2D eigenvalue weighted by Gasteiger charge is 2.11. The van der Waals surface area contributed by atoms with Gasteiger partial charge in [0.05, 0.1) is 11.3 Å². The van der Waals surface area contributed by atoms with Crippen molar-refractivity contribution < 1.29 is 14.7 Å². The molecule has 0 saturated heterocycles. The summed E-state index contributed by atoms with van der Waals surface area (Å²) in [4.78, 5) is 27.0. The Morgan fingerprint density at radius 3 is 2.30 bits per heavy atom. The van der Waals surface area contributed by atoms with Crippen LogP contribution in [0.5, 0.6) is 0 Å². The first kappa shape index (κ1) is 14.2. The van der Waals surface area contributed by atoms with E-state index in [-0.39, 0.29) is 11.5 Å². The number of nitrogens with one attached hydrogen (secondary N) is 1. The van der Waals surface area contributed by atoms with Crippen molar-refractivity contribution in [2.24, 2.45) is 0 Å². The molecule has 1 aromatic heterocycles. The molecule has 1 aromatic carbocycles. The Morgan fingerprint density at radius 2 is 1.80 bits per heavy atom. The molecule has 0 unspecified atom stereocenters. The Bertz CT molecular complexity index is 632. The van der Waals surface area contributed by atoms with Crippen molar-refractivity contribution in [2.45, 2.75) is 19.8 Å². The van der Waals surface area contributed by atoms with Crippen molar-refractivity contribution in [3.05, 3.63) is 46.5 Å². The van der Waals surface area contributed by atoms with Crippen LogP contribution in [0.1, 0.15) is 46.2 Å². The highest BCUT2D eigenvalue weighted by atomic mass is 32.1. The molecule has 20 heavy (non-hydrogen) atoms. The third-order valence-electron chi connectivity index (χ3n) is 2.73. The van der Waals surface area contributed by atoms with Crippen LogP contribution in [0.2, 0.25) is 0 Å². The highest BCUT2D eigenvalue weighted by Crippen LogP contribution is 2.21. The van der Waals surface area contributed by atoms with E-state index in [0.29, 0.717) is 16.6 Å². The topological polar surface area (TPSA) is 79.3 Å². The minimum Gasteiger partial charge on any atom is -0.478 e. The minimum absolute atomic E-state index is 0.151. The van der Waals surface area contributed by atoms with Crippen LogP contribution in [0.25, 0.3) is 0 Å². The first-order valence-electron chi connectivity index (χ1n) is 6.07. The Kier molecular flexibility index (Phi) is 4.14. The summed E-state index contributed by atoms with van der Waals surface area (Å²) in [6.07, 6.45) is 0. The quantitative estimate of drug-likeness (QED) is 0.906. The van der Waals surface area contributed by atoms with Gasteiger partial charge in [-0.25, -0.2) is 9.78 Å². The van der Waals surface area contributed by atoms with Gasteiger partial charge < -0.3 is 5.11 Å². The zero-order chi connectivity index (χ0) is 14.7. The maximum absolute atomic E-state index is 12.0. The molecule has 0 aliphatic heterocycles. The summed E-state index contributed by atoms with van der Waals surface area (Å²) < 4.78 is 0. The maximum atomic E-state index is 12.0. The summed E-state index contributed by atoms with van der Waals surface area (Å²) in [5.74, 6) is -1.00. The number of carbonyl (C=O) groups excluding carboxylic acids is 1. The largest absolute Gasteiger partial charge is 0.478 e. The SMILES string of the molecule is CC(C)c1csc(NC(=O)c2ccc(C(=O)O)cc2)n1. The van der Waals surface area contributed by atoms with Crippen LogP contribution in [0.15, 0.2) is 29.6 Å². The number of thiazole rings is 1. The van der Waals surface area contributed by atoms with Gasteiger partial charge in [-0.05, 0) is 30.2 Å². The fourth-order valence-electron chi connectivity index (χ4n) is 1.54. The summed E-state index contributed by atoms with van der Waals surface area (Å²) in [6.45, 7) is 4.07. The molecular formula is C14H14N2O3S. The van der Waals surface area contributed by atoms with Crippen LogP contribution in [0, 0.1) is 0 Å². The lowest BCUT2D eigenvalue weighted by Gasteiger charge is -2.02. The molecule has 0 bridgehead atoms. The maximum Gasteiger partial charge on any atom is 0.335 e. The average molecular weight is 290 g/mol. The van der Waals surface area contributed by atoms with E-state index in [1.54, 1.807) is 0 Å². The third kappa shape index (κ3) is 3.21. The normalized spacial score (nSPS) is 10.6. The number of hydrogen-bond acceptors (Lipinski definition) is 4. The first-order chi connectivity index (χ1) is 9.47. The number of anilines is 1. The molecule has 5 nitrogen and oxygen atoms in total. The van der Waals surface area contributed by atoms with Crippen molar-refractivity contribution in [3.8, 4) is 0 Å². The van der Waals surface area contributed by atoms with Crippen LogP contribution in [0.4, 0.5) is 5.13 Å². The first-order valence-corrected chi connectivity index (χ1v) is 6.95. The van der Waals surface area contributed by atoms with E-state index in [2.05, 4.69) is 10.3 Å². The van der Waals surface area contributed by atoms with E-state index >= 15 is 0 Å². The molecule has 0 aliphatic carbocycles. The standard InChI is InChI=1S/C14H14N2O3S/c1-8(2)11-7-20-14(15-11)16-12(17)9-3-5-10(6-4-9)13(18)19/h3-8H,1-2H3,(H,18,19)(H,15,16,17). The number of rotatable bonds is 4. The van der Waals surface area contributed by atoms with Crippen molar-refractivity contribution in [1.82, 2.24) is 4.98 Å². The van der Waals surface area contributed by atoms with E-state index in [1.165, 1.54) is 35.6 Å². The van der Waals surface area contributed by atoms with Gasteiger partial charge in [0.15, 0.2) is 5.13 Å². The molecule has 0 saturated carbocycles. The highest BCUT2D eigenvalue weighted by molar-refractivity contribution is 7.14. The number of hydrogen-bond donors (Lipinski definition) is 2. The fourth-order valence-corrected chi connectivity index (χ4v) is 2.41. The van der Waals surface area contributed by atoms with Crippen molar-refractivity contribution in [1.29, 1.82) is 0 Å². The number of amides is 1. The van der Waals surface area contributed by atoms with Gasteiger partial charge in [-0.3, -0.25) is 10.1 Å². The zero-order valence-electron chi connectivity index (χ0n) is 11.1. The fraction of sp³-hybridized carbons (Fsp3) is 0.214. The lowest BCUT2D eigenvalue weighted by atomic mass is 10.1. The number of benzene rings is 1. The number of carboxylic acids is 1. The molecule has 0 spiro atoms. The Morgan fingerprint density at radius 1 is 1.20 bits per heavy atom. The molecule has 2 N–H and O–H groups in total. The summed E-state index contributed by atoms with van der Waals surface area (Å²) in [5, 5.41) is 14.0. The molecule has 0 fully saturated rings. The van der Waals surface area contributed by atoms with Crippen molar-refractivity contribution >= 4 is 28.3 Å². The second-order valence-corrected chi connectivity index (χ2v) is 5.43. The molecule has 2 aromatic rings. The molecule has 104 valence electrons. The predicted octanol–water partition coefficient (Wildman–Crippen LogP) is 3.22. The molecule has 6 heteroatoms. The Labute approximate surface area is 120 Å². The second kappa shape index (κ2) is 5.83. The summed E-state index contributed by atoms with van der Waals surface area (Å²) in [7, 11) is 0. The monoisotopic (exact) mass is 290 g/mol. The van der Waals surface area contributed by atoms with Crippen LogP contribution < -0.4 is 5.32 Å². The van der Waals surface area contributed by atoms with Crippen LogP contribution in [0.3, 0.4) is 0 Å². The molecule has 0 radical (unpaired) electrons. The van der Waals surface area contributed by atoms with E-state index in [9.17, 15) is 9.59 Å². The van der Waals surface area contributed by atoms with Gasteiger partial charge in [0.2, 0.25) is 0 Å². The number of aromatic carboxylic acids is 1. The zero-order valence-corrected chi connectivity index (χ0v) is 11.9. The van der Waals surface area contributed by atoms with Gasteiger partial charge in [-0.15, -0.1) is 11.3 Å². The predicted molar refractivity (Wildman–Crippen MR) is 77.6 cm³/mol. The number of nitrogens with zero attached hydrogens (tertiary/aromatic N) is 1. The lowest BCUT2D eigenvalue weighted by molar-refractivity contribution is 0.0696. The Hall–Kier alpha value is -2.21. The van der Waals surface area contributed by atoms with Crippen molar-refractivity contribution in [2.75, 3.05) is 5.32 Å². The molecule has 1 heterocycles. The molecular weight excluding hydrogens is 276 g/mol. The molecule has 0 atom stereocenters. The molecule has 1 amide bonds. The average Bonchev–Trinajstić information content (AvgIpc) is 2.87. The summed E-state index contributed by atoms with van der Waals surface area (Å²) >= 11 is 1.37. The Balaban J connectivity index is 2.09. The van der Waals surface area contributed by atoms with Crippen LogP contribution in [-0.2, 0) is 0 Å². The van der Waals surface area contributed by atoms with E-state index < -0.39 is 5.97 Å². The number of carboxylic acid groups (broad SMARTS) is 1. The van der Waals surface area contributed by atoms with Gasteiger partial charge in [0.1, 0.15) is 0 Å². The second-order valence-electron chi connectivity index (χ2n) is 4.57. The van der Waals surface area contributed by atoms with Gasteiger partial charge in [0, 0.05) is 10.9 Å². The third-order valence-corrected chi connectivity index (χ3v) is 3.50. The van der Waals surface area contributed by atoms with Gasteiger partial charge >= 0.3 is 5.97 Å². The molecule has 2 rings (SSSR count). The van der Waals surface area contributed by atoms with Gasteiger partial charge in [-0.1, -0.05) is 13.8 Å². The summed E-state index contributed by atoms with van der Waals surface area (Å²) in [5.41, 5.74) is 1.49. The number of carbonyl (C=O) groups is 2. The summed E-state index contributed by atoms with van der Waals surface area (Å²) in [6, 6.07) is 5.77. The number of aromatic nitrogens is 1. The minimum atomic E-state index is -1.02. The van der Waals surface area contributed by atoms with E-state index in [4.69, 9.17) is 5.11 Å². The van der Waals surface area contributed by atoms with Gasteiger partial charge in [-0.2, -0.15) is 0 Å². The smallest absolute Gasteiger partial charge is 0.335 e. The lowest BCUT2D eigenvalue weighted by Crippen LogP contribution is -2.12. The van der Waals surface area contributed by atoms with Crippen LogP contribution in [-0.4, -0.2) is 22.0 Å². The van der Waals surface area contributed by atoms with E-state index in [1.807, 2.05) is 19.2 Å². The van der Waals surface area contributed by atoms with Crippen LogP contribution >= 0.6 is 11.3 Å². The van der Waals surface area contributed by atoms with Gasteiger partial charge in [0.25, 0.3) is 5.91 Å².